The fraction of sp³-hybridized carbons (Fsp3) is 0.407. The fourth-order valence-electron chi connectivity index (χ4n) is 4.53. The monoisotopic (exact) mass is 431 g/mol. The summed E-state index contributed by atoms with van der Waals surface area (Å²) in [5.74, 6) is 0.0127. The van der Waals surface area contributed by atoms with Gasteiger partial charge in [0.1, 0.15) is 0 Å². The topological polar surface area (TPSA) is 52.7 Å². The van der Waals surface area contributed by atoms with Gasteiger partial charge in [-0.2, -0.15) is 0 Å². The van der Waals surface area contributed by atoms with Crippen LogP contribution >= 0.6 is 0 Å². The maximum absolute atomic E-state index is 12.7. The zero-order valence-electron chi connectivity index (χ0n) is 18.7. The van der Waals surface area contributed by atoms with E-state index in [0.29, 0.717) is 25.9 Å². The molecule has 0 unspecified atom stereocenters. The SMILES string of the molecule is O=C(Nc1ccc(N2CCCCCC2)cc1)C1CCN(C(=O)/C=C/c2ccccc2)CC1. The van der Waals surface area contributed by atoms with Crippen molar-refractivity contribution in [2.45, 2.75) is 38.5 Å². The third kappa shape index (κ3) is 6.00. The lowest BCUT2D eigenvalue weighted by molar-refractivity contribution is -0.130. The molecule has 0 aliphatic carbocycles. The van der Waals surface area contributed by atoms with Crippen LogP contribution in [0.5, 0.6) is 0 Å². The highest BCUT2D eigenvalue weighted by molar-refractivity contribution is 5.94. The highest BCUT2D eigenvalue weighted by Crippen LogP contribution is 2.23. The lowest BCUT2D eigenvalue weighted by Gasteiger charge is -2.30. The molecule has 0 saturated carbocycles. The largest absolute Gasteiger partial charge is 0.372 e. The summed E-state index contributed by atoms with van der Waals surface area (Å²) in [4.78, 5) is 29.5. The first-order valence-electron chi connectivity index (χ1n) is 11.9. The van der Waals surface area contributed by atoms with Gasteiger partial charge in [-0.05, 0) is 61.6 Å². The number of rotatable bonds is 5. The Bertz CT molecular complexity index is 908. The van der Waals surface area contributed by atoms with Gasteiger partial charge in [-0.3, -0.25) is 9.59 Å². The van der Waals surface area contributed by atoms with Gasteiger partial charge in [-0.25, -0.2) is 0 Å². The number of piperidine rings is 1. The highest BCUT2D eigenvalue weighted by Gasteiger charge is 2.26. The first-order chi connectivity index (χ1) is 15.7. The molecule has 32 heavy (non-hydrogen) atoms. The summed E-state index contributed by atoms with van der Waals surface area (Å²) in [6.07, 6.45) is 10.0. The maximum Gasteiger partial charge on any atom is 0.246 e. The Morgan fingerprint density at radius 1 is 0.812 bits per heavy atom. The van der Waals surface area contributed by atoms with Crippen molar-refractivity contribution >= 4 is 29.3 Å². The number of anilines is 2. The molecule has 0 radical (unpaired) electrons. The van der Waals surface area contributed by atoms with E-state index in [-0.39, 0.29) is 17.7 Å². The van der Waals surface area contributed by atoms with Gasteiger partial charge in [-0.15, -0.1) is 0 Å². The first-order valence-corrected chi connectivity index (χ1v) is 11.9. The smallest absolute Gasteiger partial charge is 0.246 e. The van der Waals surface area contributed by atoms with Crippen LogP contribution in [-0.2, 0) is 9.59 Å². The van der Waals surface area contributed by atoms with Crippen LogP contribution < -0.4 is 10.2 Å². The molecule has 0 bridgehead atoms. The first kappa shape index (κ1) is 22.1. The van der Waals surface area contributed by atoms with Gasteiger partial charge in [0.05, 0.1) is 0 Å². The summed E-state index contributed by atoms with van der Waals surface area (Å²) < 4.78 is 0. The van der Waals surface area contributed by atoms with Gasteiger partial charge in [0.25, 0.3) is 0 Å². The molecule has 2 aromatic rings. The predicted molar refractivity (Wildman–Crippen MR) is 131 cm³/mol. The van der Waals surface area contributed by atoms with E-state index in [9.17, 15) is 9.59 Å². The second-order valence-corrected chi connectivity index (χ2v) is 8.78. The zero-order valence-corrected chi connectivity index (χ0v) is 18.7. The molecule has 4 rings (SSSR count). The minimum absolute atomic E-state index is 0.0109. The van der Waals surface area contributed by atoms with E-state index in [2.05, 4.69) is 22.3 Å². The predicted octanol–water partition coefficient (Wildman–Crippen LogP) is 4.96. The van der Waals surface area contributed by atoms with Crippen LogP contribution in [0.3, 0.4) is 0 Å². The molecular formula is C27H33N3O2. The molecule has 0 atom stereocenters. The van der Waals surface area contributed by atoms with Crippen LogP contribution in [0.4, 0.5) is 11.4 Å². The van der Waals surface area contributed by atoms with E-state index in [0.717, 1.165) is 24.3 Å². The van der Waals surface area contributed by atoms with Gasteiger partial charge < -0.3 is 15.1 Å². The van der Waals surface area contributed by atoms with Crippen LogP contribution in [0.1, 0.15) is 44.1 Å². The van der Waals surface area contributed by atoms with E-state index in [1.165, 1.54) is 31.4 Å². The van der Waals surface area contributed by atoms with Crippen molar-refractivity contribution in [3.8, 4) is 0 Å². The minimum Gasteiger partial charge on any atom is -0.372 e. The molecular weight excluding hydrogens is 398 g/mol. The van der Waals surface area contributed by atoms with Crippen LogP contribution in [0.2, 0.25) is 0 Å². The van der Waals surface area contributed by atoms with Crippen molar-refractivity contribution in [3.05, 3.63) is 66.2 Å². The number of hydrogen-bond donors (Lipinski definition) is 1. The Labute approximate surface area is 191 Å². The number of nitrogens with one attached hydrogen (secondary N) is 1. The summed E-state index contributed by atoms with van der Waals surface area (Å²) in [5, 5.41) is 3.07. The molecule has 2 heterocycles. The van der Waals surface area contributed by atoms with Crippen LogP contribution in [0.25, 0.3) is 6.08 Å². The van der Waals surface area contributed by atoms with Crippen LogP contribution in [0, 0.1) is 5.92 Å². The Kier molecular flexibility index (Phi) is 7.59. The summed E-state index contributed by atoms with van der Waals surface area (Å²) in [6.45, 7) is 3.46. The molecule has 2 aliphatic heterocycles. The average molecular weight is 432 g/mol. The van der Waals surface area contributed by atoms with Crippen molar-refractivity contribution < 1.29 is 9.59 Å². The number of likely N-dealkylation sites (tertiary alicyclic amines) is 1. The van der Waals surface area contributed by atoms with Crippen molar-refractivity contribution in [2.75, 3.05) is 36.4 Å². The van der Waals surface area contributed by atoms with Gasteiger partial charge in [0.2, 0.25) is 11.8 Å². The van der Waals surface area contributed by atoms with Crippen molar-refractivity contribution in [2.24, 2.45) is 5.92 Å². The molecule has 2 aliphatic rings. The van der Waals surface area contributed by atoms with E-state index in [4.69, 9.17) is 0 Å². The molecule has 0 aromatic heterocycles. The number of carbonyl (C=O) groups is 2. The zero-order chi connectivity index (χ0) is 22.2. The van der Waals surface area contributed by atoms with Gasteiger partial charge in [0.15, 0.2) is 0 Å². The summed E-state index contributed by atoms with van der Waals surface area (Å²) >= 11 is 0. The molecule has 5 heteroatoms. The molecule has 0 spiro atoms. The maximum atomic E-state index is 12.7. The third-order valence-electron chi connectivity index (χ3n) is 6.50. The summed E-state index contributed by atoms with van der Waals surface area (Å²) in [5.41, 5.74) is 3.09. The molecule has 2 saturated heterocycles. The lowest BCUT2D eigenvalue weighted by atomic mass is 9.95. The Balaban J connectivity index is 1.24. The second kappa shape index (κ2) is 11.0. The molecule has 5 nitrogen and oxygen atoms in total. The van der Waals surface area contributed by atoms with Crippen LogP contribution in [-0.4, -0.2) is 42.9 Å². The van der Waals surface area contributed by atoms with Crippen LogP contribution in [0.15, 0.2) is 60.7 Å². The lowest BCUT2D eigenvalue weighted by Crippen LogP contribution is -2.40. The quantitative estimate of drug-likeness (QED) is 0.681. The van der Waals surface area contributed by atoms with Gasteiger partial charge >= 0.3 is 0 Å². The van der Waals surface area contributed by atoms with E-state index in [1.54, 1.807) is 6.08 Å². The number of hydrogen-bond acceptors (Lipinski definition) is 3. The standard InChI is InChI=1S/C27H33N3O2/c31-26(15-10-22-8-4-3-5-9-22)30-20-16-23(17-21-30)27(32)28-24-11-13-25(14-12-24)29-18-6-1-2-7-19-29/h3-5,8-15,23H,1-2,6-7,16-21H2,(H,28,32)/b15-10+. The molecule has 168 valence electrons. The van der Waals surface area contributed by atoms with Gasteiger partial charge in [-0.1, -0.05) is 43.2 Å². The van der Waals surface area contributed by atoms with Crippen molar-refractivity contribution in [1.29, 1.82) is 0 Å². The molecule has 2 amide bonds. The minimum atomic E-state index is -0.0533. The molecule has 2 fully saturated rings. The Morgan fingerprint density at radius 2 is 1.47 bits per heavy atom. The average Bonchev–Trinajstić information content (AvgIpc) is 3.13. The summed E-state index contributed by atoms with van der Waals surface area (Å²) in [6, 6.07) is 18.0. The molecule has 1 N–H and O–H groups in total. The van der Waals surface area contributed by atoms with Gasteiger partial charge in [0, 0.05) is 49.5 Å². The Morgan fingerprint density at radius 3 is 2.12 bits per heavy atom. The van der Waals surface area contributed by atoms with Crippen molar-refractivity contribution in [1.82, 2.24) is 4.90 Å². The van der Waals surface area contributed by atoms with Crippen molar-refractivity contribution in [3.63, 3.8) is 0 Å². The third-order valence-corrected chi connectivity index (χ3v) is 6.50. The van der Waals surface area contributed by atoms with E-state index >= 15 is 0 Å². The number of carbonyl (C=O) groups excluding carboxylic acids is 2. The number of amides is 2. The highest BCUT2D eigenvalue weighted by atomic mass is 16.2. The number of nitrogens with zero attached hydrogens (tertiary/aromatic N) is 2. The second-order valence-electron chi connectivity index (χ2n) is 8.78. The number of benzene rings is 2. The van der Waals surface area contributed by atoms with E-state index in [1.807, 2.05) is 53.4 Å². The summed E-state index contributed by atoms with van der Waals surface area (Å²) in [7, 11) is 0. The normalized spacial score (nSPS) is 17.9. The molecule has 2 aromatic carbocycles. The Hall–Kier alpha value is -3.08. The van der Waals surface area contributed by atoms with E-state index < -0.39 is 0 Å². The fourth-order valence-corrected chi connectivity index (χ4v) is 4.53.